The van der Waals surface area contributed by atoms with Gasteiger partial charge in [0, 0.05) is 21.2 Å². The van der Waals surface area contributed by atoms with E-state index in [0.717, 1.165) is 23.4 Å². The predicted molar refractivity (Wildman–Crippen MR) is 122 cm³/mol. The van der Waals surface area contributed by atoms with Gasteiger partial charge in [-0.2, -0.15) is 0 Å². The van der Waals surface area contributed by atoms with Crippen LogP contribution < -0.4 is 10.6 Å². The lowest BCUT2D eigenvalue weighted by molar-refractivity contribution is -0.117. The summed E-state index contributed by atoms with van der Waals surface area (Å²) in [6.45, 7) is 0. The molecule has 0 saturated heterocycles. The fraction of sp³-hybridized carbons (Fsp3) is 0.190. The van der Waals surface area contributed by atoms with Crippen LogP contribution in [0.4, 0.5) is 10.8 Å². The Kier molecular flexibility index (Phi) is 6.29. The Morgan fingerprint density at radius 1 is 1.00 bits per heavy atom. The number of carbonyl (C=O) groups is 2. The van der Waals surface area contributed by atoms with E-state index in [2.05, 4.69) is 15.6 Å². The summed E-state index contributed by atoms with van der Waals surface area (Å²) in [7, 11) is 0. The Balaban J connectivity index is 1.50. The van der Waals surface area contributed by atoms with Gasteiger partial charge < -0.3 is 5.32 Å². The van der Waals surface area contributed by atoms with E-state index in [0.29, 0.717) is 37.9 Å². The SMILES string of the molecule is O=C(Nc1nc2c(s1)CCCC2C(=O)Nc1ccc(Cl)c(Cl)c1)c1ccc(Cl)cc1. The minimum atomic E-state index is -0.388. The lowest BCUT2D eigenvalue weighted by Gasteiger charge is -2.20. The second kappa shape index (κ2) is 8.94. The average molecular weight is 481 g/mol. The number of amides is 2. The number of rotatable bonds is 4. The molecular formula is C21H16Cl3N3O2S. The van der Waals surface area contributed by atoms with E-state index in [9.17, 15) is 9.59 Å². The lowest BCUT2D eigenvalue weighted by atomic mass is 9.90. The summed E-state index contributed by atoms with van der Waals surface area (Å²) in [6.07, 6.45) is 2.40. The summed E-state index contributed by atoms with van der Waals surface area (Å²) in [6, 6.07) is 11.6. The van der Waals surface area contributed by atoms with Crippen LogP contribution in [0.3, 0.4) is 0 Å². The number of halogens is 3. The van der Waals surface area contributed by atoms with E-state index in [1.807, 2.05) is 0 Å². The normalized spacial score (nSPS) is 15.4. The van der Waals surface area contributed by atoms with Crippen molar-refractivity contribution in [1.29, 1.82) is 0 Å². The molecule has 1 atom stereocenters. The van der Waals surface area contributed by atoms with Gasteiger partial charge >= 0.3 is 0 Å². The van der Waals surface area contributed by atoms with Crippen molar-refractivity contribution in [2.75, 3.05) is 10.6 Å². The predicted octanol–water partition coefficient (Wildman–Crippen LogP) is 6.41. The fourth-order valence-corrected chi connectivity index (χ4v) is 4.78. The quantitative estimate of drug-likeness (QED) is 0.453. The van der Waals surface area contributed by atoms with Crippen molar-refractivity contribution in [3.8, 4) is 0 Å². The van der Waals surface area contributed by atoms with Crippen molar-refractivity contribution in [2.24, 2.45) is 0 Å². The molecule has 1 aliphatic carbocycles. The molecule has 1 aliphatic rings. The Hall–Kier alpha value is -2.12. The Bertz CT molecular complexity index is 1120. The Labute approximate surface area is 192 Å². The highest BCUT2D eigenvalue weighted by Gasteiger charge is 2.30. The number of nitrogens with one attached hydrogen (secondary N) is 2. The molecule has 1 aromatic heterocycles. The summed E-state index contributed by atoms with van der Waals surface area (Å²) >= 11 is 19.2. The summed E-state index contributed by atoms with van der Waals surface area (Å²) in [5.74, 6) is -0.814. The van der Waals surface area contributed by atoms with Crippen molar-refractivity contribution in [1.82, 2.24) is 4.98 Å². The maximum absolute atomic E-state index is 12.9. The highest BCUT2D eigenvalue weighted by Crippen LogP contribution is 2.37. The van der Waals surface area contributed by atoms with E-state index in [4.69, 9.17) is 34.8 Å². The molecule has 0 spiro atoms. The van der Waals surface area contributed by atoms with Gasteiger partial charge in [-0.1, -0.05) is 34.8 Å². The third-order valence-corrected chi connectivity index (χ3v) is 6.82. The first-order valence-corrected chi connectivity index (χ1v) is 11.2. The molecule has 2 aromatic carbocycles. The summed E-state index contributed by atoms with van der Waals surface area (Å²) in [5.41, 5.74) is 1.78. The van der Waals surface area contributed by atoms with Crippen LogP contribution in [0, 0.1) is 0 Å². The standard InChI is InChI=1S/C21H16Cl3N3O2S/c22-12-6-4-11(5-7-12)19(28)27-21-26-18-14(2-1-3-17(18)30-21)20(29)25-13-8-9-15(23)16(24)10-13/h4-10,14H,1-3H2,(H,25,29)(H,26,27,28). The van der Waals surface area contributed by atoms with Crippen molar-refractivity contribution >= 4 is 68.8 Å². The number of thiazole rings is 1. The molecule has 0 fully saturated rings. The van der Waals surface area contributed by atoms with Crippen LogP contribution in [0.2, 0.25) is 15.1 Å². The van der Waals surface area contributed by atoms with Gasteiger partial charge in [0.15, 0.2) is 5.13 Å². The summed E-state index contributed by atoms with van der Waals surface area (Å²) in [5, 5.41) is 7.55. The van der Waals surface area contributed by atoms with Crippen LogP contribution in [0.15, 0.2) is 42.5 Å². The molecule has 30 heavy (non-hydrogen) atoms. The van der Waals surface area contributed by atoms with Gasteiger partial charge in [0.1, 0.15) is 0 Å². The molecule has 4 rings (SSSR count). The average Bonchev–Trinajstić information content (AvgIpc) is 3.13. The Morgan fingerprint density at radius 3 is 2.50 bits per heavy atom. The molecule has 0 radical (unpaired) electrons. The summed E-state index contributed by atoms with van der Waals surface area (Å²) < 4.78 is 0. The zero-order chi connectivity index (χ0) is 21.3. The number of anilines is 2. The molecule has 2 N–H and O–H groups in total. The van der Waals surface area contributed by atoms with Crippen LogP contribution >= 0.6 is 46.1 Å². The van der Waals surface area contributed by atoms with Crippen molar-refractivity contribution in [2.45, 2.75) is 25.2 Å². The van der Waals surface area contributed by atoms with Gasteiger partial charge in [-0.15, -0.1) is 11.3 Å². The number of hydrogen-bond acceptors (Lipinski definition) is 4. The Morgan fingerprint density at radius 2 is 1.77 bits per heavy atom. The minimum Gasteiger partial charge on any atom is -0.325 e. The third-order valence-electron chi connectivity index (χ3n) is 4.78. The van der Waals surface area contributed by atoms with Crippen molar-refractivity contribution < 1.29 is 9.59 Å². The van der Waals surface area contributed by atoms with E-state index < -0.39 is 0 Å². The fourth-order valence-electron chi connectivity index (χ4n) is 3.30. The second-order valence-electron chi connectivity index (χ2n) is 6.85. The van der Waals surface area contributed by atoms with Gasteiger partial charge in [-0.25, -0.2) is 4.98 Å². The molecule has 3 aromatic rings. The van der Waals surface area contributed by atoms with Crippen LogP contribution in [0.1, 0.15) is 39.7 Å². The zero-order valence-electron chi connectivity index (χ0n) is 15.5. The molecule has 1 heterocycles. The van der Waals surface area contributed by atoms with E-state index in [1.165, 1.54) is 11.3 Å². The largest absolute Gasteiger partial charge is 0.325 e. The first-order valence-electron chi connectivity index (χ1n) is 9.23. The first kappa shape index (κ1) is 21.1. The number of fused-ring (bicyclic) bond motifs is 1. The third kappa shape index (κ3) is 4.62. The molecule has 9 heteroatoms. The lowest BCUT2D eigenvalue weighted by Crippen LogP contribution is -2.24. The van der Waals surface area contributed by atoms with Crippen molar-refractivity contribution in [3.63, 3.8) is 0 Å². The maximum Gasteiger partial charge on any atom is 0.257 e. The van der Waals surface area contributed by atoms with Gasteiger partial charge in [0.2, 0.25) is 5.91 Å². The topological polar surface area (TPSA) is 71.1 Å². The first-order chi connectivity index (χ1) is 14.4. The molecule has 0 aliphatic heterocycles. The number of hydrogen-bond donors (Lipinski definition) is 2. The number of carbonyl (C=O) groups excluding carboxylic acids is 2. The number of nitrogens with zero attached hydrogens (tertiary/aromatic N) is 1. The molecule has 5 nitrogen and oxygen atoms in total. The van der Waals surface area contributed by atoms with E-state index in [-0.39, 0.29) is 17.7 Å². The molecule has 154 valence electrons. The van der Waals surface area contributed by atoms with Gasteiger partial charge in [-0.05, 0) is 61.7 Å². The van der Waals surface area contributed by atoms with Gasteiger partial charge in [0.05, 0.1) is 21.7 Å². The minimum absolute atomic E-state index is 0.157. The van der Waals surface area contributed by atoms with Gasteiger partial charge in [0.25, 0.3) is 5.91 Å². The van der Waals surface area contributed by atoms with Crippen LogP contribution in [0.25, 0.3) is 0 Å². The monoisotopic (exact) mass is 479 g/mol. The molecule has 0 bridgehead atoms. The second-order valence-corrected chi connectivity index (χ2v) is 9.19. The number of aryl methyl sites for hydroxylation is 1. The molecular weight excluding hydrogens is 465 g/mol. The van der Waals surface area contributed by atoms with Crippen LogP contribution in [-0.2, 0) is 11.2 Å². The molecule has 0 saturated carbocycles. The van der Waals surface area contributed by atoms with Crippen molar-refractivity contribution in [3.05, 3.63) is 73.7 Å². The molecule has 2 amide bonds. The van der Waals surface area contributed by atoms with Gasteiger partial charge in [-0.3, -0.25) is 14.9 Å². The number of aromatic nitrogens is 1. The van der Waals surface area contributed by atoms with E-state index >= 15 is 0 Å². The highest BCUT2D eigenvalue weighted by atomic mass is 35.5. The van der Waals surface area contributed by atoms with E-state index in [1.54, 1.807) is 42.5 Å². The summed E-state index contributed by atoms with van der Waals surface area (Å²) in [4.78, 5) is 30.9. The zero-order valence-corrected chi connectivity index (χ0v) is 18.6. The van der Waals surface area contributed by atoms with Crippen LogP contribution in [-0.4, -0.2) is 16.8 Å². The smallest absolute Gasteiger partial charge is 0.257 e. The van der Waals surface area contributed by atoms with Crippen LogP contribution in [0.5, 0.6) is 0 Å². The highest BCUT2D eigenvalue weighted by molar-refractivity contribution is 7.16. The number of benzene rings is 2. The molecule has 1 unspecified atom stereocenters. The maximum atomic E-state index is 12.9.